The normalized spacial score (nSPS) is 23.2. The second kappa shape index (κ2) is 5.12. The van der Waals surface area contributed by atoms with Crippen molar-refractivity contribution in [3.63, 3.8) is 0 Å². The summed E-state index contributed by atoms with van der Waals surface area (Å²) in [5, 5.41) is 4.72. The van der Waals surface area contributed by atoms with Crippen molar-refractivity contribution in [1.29, 1.82) is 0 Å². The molecule has 0 saturated carbocycles. The lowest BCUT2D eigenvalue weighted by molar-refractivity contribution is -0.134. The minimum absolute atomic E-state index is 0.354. The number of fused-ring (bicyclic) bond motifs is 2. The van der Waals surface area contributed by atoms with Crippen LogP contribution in [0, 0.1) is 5.92 Å². The fourth-order valence-corrected chi connectivity index (χ4v) is 3.23. The minimum Gasteiger partial charge on any atom is -0.312 e. The molecule has 1 fully saturated rings. The smallest absolute Gasteiger partial charge is 0.312 e. The second-order valence-corrected chi connectivity index (χ2v) is 5.77. The van der Waals surface area contributed by atoms with Crippen LogP contribution in [0.2, 0.25) is 0 Å². The first-order valence-corrected chi connectivity index (χ1v) is 7.59. The van der Waals surface area contributed by atoms with Crippen molar-refractivity contribution in [2.75, 3.05) is 11.4 Å². The molecular weight excluding hydrogens is 282 g/mol. The first kappa shape index (κ1) is 14.6. The van der Waals surface area contributed by atoms with Gasteiger partial charge in [-0.25, -0.2) is 4.79 Å². The maximum absolute atomic E-state index is 13.0. The number of hydrogen-bond acceptors (Lipinski definition) is 3. The number of amides is 4. The molecule has 1 aromatic rings. The van der Waals surface area contributed by atoms with E-state index in [2.05, 4.69) is 24.5 Å². The van der Waals surface area contributed by atoms with Gasteiger partial charge in [0, 0.05) is 12.1 Å². The molecule has 1 spiro atoms. The molecule has 2 aliphatic heterocycles. The van der Waals surface area contributed by atoms with Crippen molar-refractivity contribution in [2.45, 2.75) is 32.2 Å². The van der Waals surface area contributed by atoms with Crippen molar-refractivity contribution in [1.82, 2.24) is 10.6 Å². The van der Waals surface area contributed by atoms with Crippen molar-refractivity contribution in [3.05, 3.63) is 29.8 Å². The number of hydrogen-bond donors (Lipinski definition) is 2. The summed E-state index contributed by atoms with van der Waals surface area (Å²) >= 11 is 0. The monoisotopic (exact) mass is 301 g/mol. The van der Waals surface area contributed by atoms with Crippen molar-refractivity contribution in [3.8, 4) is 0 Å². The van der Waals surface area contributed by atoms with E-state index in [9.17, 15) is 14.4 Å². The third-order valence-electron chi connectivity index (χ3n) is 4.63. The zero-order valence-corrected chi connectivity index (χ0v) is 12.7. The third-order valence-corrected chi connectivity index (χ3v) is 4.63. The molecule has 1 atom stereocenters. The molecule has 6 heteroatoms. The minimum atomic E-state index is -1.60. The summed E-state index contributed by atoms with van der Waals surface area (Å²) in [5.74, 6) is -0.613. The van der Waals surface area contributed by atoms with E-state index in [1.54, 1.807) is 17.0 Å². The first-order valence-electron chi connectivity index (χ1n) is 7.59. The highest BCUT2D eigenvalue weighted by Crippen LogP contribution is 2.42. The van der Waals surface area contributed by atoms with Crippen LogP contribution >= 0.6 is 0 Å². The van der Waals surface area contributed by atoms with Crippen LogP contribution in [-0.2, 0) is 15.1 Å². The number of anilines is 1. The number of carbonyl (C=O) groups excluding carboxylic acids is 3. The molecule has 2 N–H and O–H groups in total. The number of para-hydroxylation sites is 1. The molecule has 22 heavy (non-hydrogen) atoms. The second-order valence-electron chi connectivity index (χ2n) is 5.77. The standard InChI is InChI=1S/C16H19N3O3/c1-3-10(4-2)9-19-12-8-6-5-7-11(12)16(14(19)21)13(20)17-15(22)18-16/h5-8,10H,3-4,9H2,1-2H3,(H2,17,18,20,22). The predicted octanol–water partition coefficient (Wildman–Crippen LogP) is 1.50. The van der Waals surface area contributed by atoms with Gasteiger partial charge in [-0.15, -0.1) is 0 Å². The van der Waals surface area contributed by atoms with E-state index in [-0.39, 0.29) is 5.91 Å². The number of benzene rings is 1. The van der Waals surface area contributed by atoms with Gasteiger partial charge in [0.15, 0.2) is 0 Å². The summed E-state index contributed by atoms with van der Waals surface area (Å²) in [6.07, 6.45) is 1.90. The van der Waals surface area contributed by atoms with Crippen molar-refractivity contribution >= 4 is 23.5 Å². The summed E-state index contributed by atoms with van der Waals surface area (Å²) in [4.78, 5) is 38.5. The highest BCUT2D eigenvalue weighted by Gasteiger charge is 2.61. The average molecular weight is 301 g/mol. The van der Waals surface area contributed by atoms with E-state index in [0.717, 1.165) is 12.8 Å². The Morgan fingerprint density at radius 2 is 1.82 bits per heavy atom. The number of carbonyl (C=O) groups is 3. The molecular formula is C16H19N3O3. The van der Waals surface area contributed by atoms with Crippen LogP contribution in [0.15, 0.2) is 24.3 Å². The number of imide groups is 1. The topological polar surface area (TPSA) is 78.5 Å². The molecule has 0 aliphatic carbocycles. The maximum Gasteiger partial charge on any atom is 0.323 e. The van der Waals surface area contributed by atoms with Crippen molar-refractivity contribution < 1.29 is 14.4 Å². The molecule has 3 rings (SSSR count). The zero-order chi connectivity index (χ0) is 15.9. The Morgan fingerprint density at radius 3 is 2.41 bits per heavy atom. The molecule has 2 aliphatic rings. The van der Waals surface area contributed by atoms with Gasteiger partial charge < -0.3 is 10.2 Å². The Kier molecular flexibility index (Phi) is 3.39. The molecule has 2 heterocycles. The molecule has 1 saturated heterocycles. The lowest BCUT2D eigenvalue weighted by Crippen LogP contribution is -2.52. The third kappa shape index (κ3) is 1.83. The molecule has 116 valence electrons. The highest BCUT2D eigenvalue weighted by atomic mass is 16.2. The lowest BCUT2D eigenvalue weighted by atomic mass is 9.91. The first-order chi connectivity index (χ1) is 10.5. The quantitative estimate of drug-likeness (QED) is 0.653. The van der Waals surface area contributed by atoms with Crippen molar-refractivity contribution in [2.24, 2.45) is 5.92 Å². The van der Waals surface area contributed by atoms with Crippen LogP contribution in [0.1, 0.15) is 32.3 Å². The Balaban J connectivity index is 2.08. The van der Waals surface area contributed by atoms with Gasteiger partial charge in [0.1, 0.15) is 0 Å². The summed E-state index contributed by atoms with van der Waals surface area (Å²) in [7, 11) is 0. The van der Waals surface area contributed by atoms with Gasteiger partial charge in [0.2, 0.25) is 5.54 Å². The van der Waals surface area contributed by atoms with Gasteiger partial charge >= 0.3 is 6.03 Å². The van der Waals surface area contributed by atoms with Gasteiger partial charge in [-0.3, -0.25) is 14.9 Å². The summed E-state index contributed by atoms with van der Waals surface area (Å²) in [5.41, 5.74) is -0.342. The van der Waals surface area contributed by atoms with Crippen LogP contribution in [0.3, 0.4) is 0 Å². The van der Waals surface area contributed by atoms with E-state index in [1.165, 1.54) is 0 Å². The lowest BCUT2D eigenvalue weighted by Gasteiger charge is -2.24. The Bertz CT molecular complexity index is 654. The SMILES string of the molecule is CCC(CC)CN1C(=O)C2(NC(=O)NC2=O)c2ccccc21. The number of nitrogens with one attached hydrogen (secondary N) is 2. The van der Waals surface area contributed by atoms with Crippen LogP contribution in [0.4, 0.5) is 10.5 Å². The van der Waals surface area contributed by atoms with E-state index >= 15 is 0 Å². The molecule has 1 unspecified atom stereocenters. The van der Waals surface area contributed by atoms with Gasteiger partial charge in [-0.2, -0.15) is 0 Å². The molecule has 4 amide bonds. The Morgan fingerprint density at radius 1 is 1.14 bits per heavy atom. The highest BCUT2D eigenvalue weighted by molar-refractivity contribution is 6.27. The fraction of sp³-hybridized carbons (Fsp3) is 0.438. The Labute approximate surface area is 128 Å². The van der Waals surface area contributed by atoms with Gasteiger partial charge in [-0.05, 0) is 12.0 Å². The summed E-state index contributed by atoms with van der Waals surface area (Å²) in [6, 6.07) is 6.52. The zero-order valence-electron chi connectivity index (χ0n) is 12.7. The molecule has 0 aromatic heterocycles. The molecule has 0 radical (unpaired) electrons. The van der Waals surface area contributed by atoms with E-state index < -0.39 is 17.5 Å². The largest absolute Gasteiger partial charge is 0.323 e. The van der Waals surface area contributed by atoms with E-state index in [4.69, 9.17) is 0 Å². The van der Waals surface area contributed by atoms with Crippen LogP contribution in [0.25, 0.3) is 0 Å². The summed E-state index contributed by atoms with van der Waals surface area (Å²) in [6.45, 7) is 4.72. The Hall–Kier alpha value is -2.37. The summed E-state index contributed by atoms with van der Waals surface area (Å²) < 4.78 is 0. The fourth-order valence-electron chi connectivity index (χ4n) is 3.23. The van der Waals surface area contributed by atoms with Gasteiger partial charge in [-0.1, -0.05) is 44.9 Å². The number of nitrogens with zero attached hydrogens (tertiary/aromatic N) is 1. The van der Waals surface area contributed by atoms with Crippen LogP contribution < -0.4 is 15.5 Å². The van der Waals surface area contributed by atoms with Gasteiger partial charge in [0.25, 0.3) is 11.8 Å². The molecule has 1 aromatic carbocycles. The molecule has 0 bridgehead atoms. The van der Waals surface area contributed by atoms with E-state index in [0.29, 0.717) is 23.7 Å². The number of urea groups is 1. The van der Waals surface area contributed by atoms with Gasteiger partial charge in [0.05, 0.1) is 5.69 Å². The van der Waals surface area contributed by atoms with Crippen LogP contribution in [0.5, 0.6) is 0 Å². The average Bonchev–Trinajstić information content (AvgIpc) is 2.94. The maximum atomic E-state index is 13.0. The van der Waals surface area contributed by atoms with E-state index in [1.807, 2.05) is 12.1 Å². The predicted molar refractivity (Wildman–Crippen MR) is 81.2 cm³/mol. The molecule has 6 nitrogen and oxygen atoms in total. The number of rotatable bonds is 4. The van der Waals surface area contributed by atoms with Crippen LogP contribution in [-0.4, -0.2) is 24.4 Å².